The third-order valence-corrected chi connectivity index (χ3v) is 3.78. The molecule has 0 saturated heterocycles. The fourth-order valence-corrected chi connectivity index (χ4v) is 2.64. The molecule has 0 bridgehead atoms. The highest BCUT2D eigenvalue weighted by Crippen LogP contribution is 2.33. The SMILES string of the molecule is NC(CCCl)c1ccc2c(c1)NC(=O)CS2. The molecule has 0 fully saturated rings. The van der Waals surface area contributed by atoms with Crippen LogP contribution in [0.15, 0.2) is 23.1 Å². The lowest BCUT2D eigenvalue weighted by molar-refractivity contribution is -0.113. The van der Waals surface area contributed by atoms with Crippen molar-refractivity contribution in [3.05, 3.63) is 23.8 Å². The van der Waals surface area contributed by atoms with Crippen molar-refractivity contribution in [2.75, 3.05) is 16.9 Å². The summed E-state index contributed by atoms with van der Waals surface area (Å²) in [5.41, 5.74) is 7.85. The van der Waals surface area contributed by atoms with Crippen LogP contribution in [0.1, 0.15) is 18.0 Å². The van der Waals surface area contributed by atoms with E-state index in [0.29, 0.717) is 11.6 Å². The standard InChI is InChI=1S/C11H13ClN2OS/c12-4-3-8(13)7-1-2-10-9(5-7)14-11(15)6-16-10/h1-2,5,8H,3-4,6,13H2,(H,14,15). The first-order valence-corrected chi connectivity index (χ1v) is 6.61. The fraction of sp³-hybridized carbons (Fsp3) is 0.364. The lowest BCUT2D eigenvalue weighted by atomic mass is 10.0. The topological polar surface area (TPSA) is 55.1 Å². The first kappa shape index (κ1) is 11.8. The molecular formula is C11H13ClN2OS. The van der Waals surface area contributed by atoms with E-state index in [2.05, 4.69) is 5.32 Å². The number of anilines is 1. The number of nitrogens with one attached hydrogen (secondary N) is 1. The quantitative estimate of drug-likeness (QED) is 0.817. The van der Waals surface area contributed by atoms with Crippen molar-refractivity contribution < 1.29 is 4.79 Å². The second-order valence-corrected chi connectivity index (χ2v) is 5.07. The summed E-state index contributed by atoms with van der Waals surface area (Å²) in [4.78, 5) is 12.3. The molecule has 2 rings (SSSR count). The number of hydrogen-bond donors (Lipinski definition) is 2. The number of amides is 1. The van der Waals surface area contributed by atoms with Gasteiger partial charge >= 0.3 is 0 Å². The van der Waals surface area contributed by atoms with Gasteiger partial charge in [-0.05, 0) is 24.1 Å². The summed E-state index contributed by atoms with van der Waals surface area (Å²) in [5, 5.41) is 2.85. The summed E-state index contributed by atoms with van der Waals surface area (Å²) in [7, 11) is 0. The molecule has 0 spiro atoms. The lowest BCUT2D eigenvalue weighted by Crippen LogP contribution is -2.19. The minimum Gasteiger partial charge on any atom is -0.324 e. The predicted molar refractivity (Wildman–Crippen MR) is 68.1 cm³/mol. The monoisotopic (exact) mass is 256 g/mol. The molecule has 0 aliphatic carbocycles. The summed E-state index contributed by atoms with van der Waals surface area (Å²) < 4.78 is 0. The van der Waals surface area contributed by atoms with Crippen LogP contribution in [-0.2, 0) is 4.79 Å². The molecular weight excluding hydrogens is 244 g/mol. The second-order valence-electron chi connectivity index (χ2n) is 3.68. The van der Waals surface area contributed by atoms with Gasteiger partial charge in [-0.3, -0.25) is 4.79 Å². The van der Waals surface area contributed by atoms with Gasteiger partial charge < -0.3 is 11.1 Å². The molecule has 16 heavy (non-hydrogen) atoms. The van der Waals surface area contributed by atoms with Crippen LogP contribution in [0.4, 0.5) is 5.69 Å². The zero-order valence-corrected chi connectivity index (χ0v) is 10.3. The third-order valence-electron chi connectivity index (χ3n) is 2.48. The molecule has 1 amide bonds. The largest absolute Gasteiger partial charge is 0.324 e. The molecule has 0 saturated carbocycles. The fourth-order valence-electron chi connectivity index (χ4n) is 1.62. The number of benzene rings is 1. The number of alkyl halides is 1. The van der Waals surface area contributed by atoms with Crippen LogP contribution in [0.3, 0.4) is 0 Å². The molecule has 3 N–H and O–H groups in total. The Kier molecular flexibility index (Phi) is 3.74. The molecule has 1 aliphatic rings. The molecule has 0 radical (unpaired) electrons. The van der Waals surface area contributed by atoms with Crippen molar-refractivity contribution in [3.8, 4) is 0 Å². The Hall–Kier alpha value is -0.710. The van der Waals surface area contributed by atoms with E-state index in [0.717, 1.165) is 22.6 Å². The van der Waals surface area contributed by atoms with Crippen LogP contribution >= 0.6 is 23.4 Å². The molecule has 1 heterocycles. The Morgan fingerprint density at radius 3 is 3.12 bits per heavy atom. The minimum absolute atomic E-state index is 0.0422. The normalized spacial score (nSPS) is 16.5. The summed E-state index contributed by atoms with van der Waals surface area (Å²) in [5.74, 6) is 1.07. The molecule has 1 aromatic rings. The third kappa shape index (κ3) is 2.51. The summed E-state index contributed by atoms with van der Waals surface area (Å²) >= 11 is 7.21. The first-order chi connectivity index (χ1) is 7.70. The number of halogens is 1. The van der Waals surface area contributed by atoms with Crippen molar-refractivity contribution >= 4 is 35.0 Å². The van der Waals surface area contributed by atoms with Gasteiger partial charge in [-0.15, -0.1) is 23.4 Å². The van der Waals surface area contributed by atoms with Gasteiger partial charge in [-0.2, -0.15) is 0 Å². The highest BCUT2D eigenvalue weighted by molar-refractivity contribution is 8.00. The average Bonchev–Trinajstić information content (AvgIpc) is 2.28. The van der Waals surface area contributed by atoms with Crippen molar-refractivity contribution in [2.24, 2.45) is 5.73 Å². The number of carbonyl (C=O) groups is 1. The van der Waals surface area contributed by atoms with Gasteiger partial charge in [0.2, 0.25) is 5.91 Å². The molecule has 1 aliphatic heterocycles. The molecule has 5 heteroatoms. The number of thioether (sulfide) groups is 1. The Bertz CT molecular complexity index is 411. The molecule has 1 atom stereocenters. The number of rotatable bonds is 3. The summed E-state index contributed by atoms with van der Waals surface area (Å²) in [6, 6.07) is 5.88. The van der Waals surface area contributed by atoms with E-state index < -0.39 is 0 Å². The number of hydrogen-bond acceptors (Lipinski definition) is 3. The van der Waals surface area contributed by atoms with Crippen molar-refractivity contribution in [1.29, 1.82) is 0 Å². The molecule has 86 valence electrons. The highest BCUT2D eigenvalue weighted by Gasteiger charge is 2.16. The van der Waals surface area contributed by atoms with Crippen molar-refractivity contribution in [3.63, 3.8) is 0 Å². The van der Waals surface area contributed by atoms with E-state index in [1.807, 2.05) is 18.2 Å². The minimum atomic E-state index is -0.0633. The van der Waals surface area contributed by atoms with E-state index in [4.69, 9.17) is 17.3 Å². The number of fused-ring (bicyclic) bond motifs is 1. The maximum absolute atomic E-state index is 11.2. The number of carbonyl (C=O) groups excluding carboxylic acids is 1. The molecule has 0 aromatic heterocycles. The van der Waals surface area contributed by atoms with Crippen LogP contribution < -0.4 is 11.1 Å². The maximum Gasteiger partial charge on any atom is 0.234 e. The zero-order chi connectivity index (χ0) is 11.5. The van der Waals surface area contributed by atoms with Crippen LogP contribution in [-0.4, -0.2) is 17.5 Å². The Morgan fingerprint density at radius 1 is 1.56 bits per heavy atom. The van der Waals surface area contributed by atoms with Gasteiger partial charge in [0.05, 0.1) is 11.4 Å². The van der Waals surface area contributed by atoms with Gasteiger partial charge in [-0.1, -0.05) is 6.07 Å². The zero-order valence-electron chi connectivity index (χ0n) is 8.70. The van der Waals surface area contributed by atoms with Crippen LogP contribution in [0.25, 0.3) is 0 Å². The Labute approximate surface area is 104 Å². The second kappa shape index (κ2) is 5.08. The Morgan fingerprint density at radius 2 is 2.38 bits per heavy atom. The van der Waals surface area contributed by atoms with Gasteiger partial charge in [-0.25, -0.2) is 0 Å². The van der Waals surface area contributed by atoms with E-state index >= 15 is 0 Å². The van der Waals surface area contributed by atoms with Gasteiger partial charge in [0, 0.05) is 16.8 Å². The smallest absolute Gasteiger partial charge is 0.234 e. The van der Waals surface area contributed by atoms with Crippen LogP contribution in [0.2, 0.25) is 0 Å². The maximum atomic E-state index is 11.2. The predicted octanol–water partition coefficient (Wildman–Crippen LogP) is 2.36. The molecule has 1 unspecified atom stereocenters. The molecule has 3 nitrogen and oxygen atoms in total. The first-order valence-electron chi connectivity index (χ1n) is 5.09. The van der Waals surface area contributed by atoms with Crippen molar-refractivity contribution in [1.82, 2.24) is 0 Å². The molecule has 1 aromatic carbocycles. The van der Waals surface area contributed by atoms with Crippen LogP contribution in [0, 0.1) is 0 Å². The average molecular weight is 257 g/mol. The highest BCUT2D eigenvalue weighted by atomic mass is 35.5. The van der Waals surface area contributed by atoms with E-state index in [9.17, 15) is 4.79 Å². The van der Waals surface area contributed by atoms with Gasteiger partial charge in [0.1, 0.15) is 0 Å². The lowest BCUT2D eigenvalue weighted by Gasteiger charge is -2.19. The van der Waals surface area contributed by atoms with Crippen molar-refractivity contribution in [2.45, 2.75) is 17.4 Å². The van der Waals surface area contributed by atoms with E-state index in [-0.39, 0.29) is 11.9 Å². The van der Waals surface area contributed by atoms with Crippen LogP contribution in [0.5, 0.6) is 0 Å². The Balaban J connectivity index is 2.24. The number of nitrogens with two attached hydrogens (primary N) is 1. The summed E-state index contributed by atoms with van der Waals surface area (Å²) in [6.45, 7) is 0. The summed E-state index contributed by atoms with van der Waals surface area (Å²) in [6.07, 6.45) is 0.738. The van der Waals surface area contributed by atoms with Gasteiger partial charge in [0.15, 0.2) is 0 Å². The van der Waals surface area contributed by atoms with E-state index in [1.54, 1.807) is 11.8 Å². The van der Waals surface area contributed by atoms with Gasteiger partial charge in [0.25, 0.3) is 0 Å². The van der Waals surface area contributed by atoms with E-state index in [1.165, 1.54) is 0 Å².